The molecule has 0 bridgehead atoms. The average molecular weight is 238 g/mol. The summed E-state index contributed by atoms with van der Waals surface area (Å²) in [6.07, 6.45) is 8.32. The molecule has 1 heterocycles. The molecule has 0 amide bonds. The standard InChI is InChI=1S/C15H30N2/c1-4-14(5-2)13(3)17-11-10-16-15(12-17)8-6-7-9-15/h13-14,16H,4-12H2,1-3H3. The van der Waals surface area contributed by atoms with Gasteiger partial charge in [-0.25, -0.2) is 0 Å². The molecule has 1 aliphatic heterocycles. The van der Waals surface area contributed by atoms with Gasteiger partial charge in [-0.2, -0.15) is 0 Å². The first-order chi connectivity index (χ1) is 8.21. The van der Waals surface area contributed by atoms with Crippen LogP contribution in [0.25, 0.3) is 0 Å². The van der Waals surface area contributed by atoms with E-state index in [0.717, 1.165) is 12.0 Å². The van der Waals surface area contributed by atoms with Crippen molar-refractivity contribution in [2.45, 2.75) is 70.9 Å². The van der Waals surface area contributed by atoms with Crippen LogP contribution in [-0.2, 0) is 0 Å². The van der Waals surface area contributed by atoms with E-state index >= 15 is 0 Å². The van der Waals surface area contributed by atoms with Crippen molar-refractivity contribution in [3.8, 4) is 0 Å². The van der Waals surface area contributed by atoms with Gasteiger partial charge in [-0.05, 0) is 25.7 Å². The highest BCUT2D eigenvalue weighted by atomic mass is 15.2. The van der Waals surface area contributed by atoms with E-state index in [2.05, 4.69) is 31.0 Å². The molecule has 0 radical (unpaired) electrons. The summed E-state index contributed by atoms with van der Waals surface area (Å²) in [6.45, 7) is 10.9. The minimum Gasteiger partial charge on any atom is -0.309 e. The zero-order valence-corrected chi connectivity index (χ0v) is 12.0. The molecule has 0 aromatic rings. The zero-order valence-electron chi connectivity index (χ0n) is 12.0. The summed E-state index contributed by atoms with van der Waals surface area (Å²) in [5.41, 5.74) is 0.485. The lowest BCUT2D eigenvalue weighted by molar-refractivity contribution is 0.0712. The molecule has 1 N–H and O–H groups in total. The molecule has 2 fully saturated rings. The number of hydrogen-bond acceptors (Lipinski definition) is 2. The molecule has 100 valence electrons. The Morgan fingerprint density at radius 2 is 1.82 bits per heavy atom. The van der Waals surface area contributed by atoms with Crippen LogP contribution in [0.1, 0.15) is 59.3 Å². The first-order valence-corrected chi connectivity index (χ1v) is 7.70. The minimum absolute atomic E-state index is 0.485. The maximum atomic E-state index is 3.81. The smallest absolute Gasteiger partial charge is 0.0309 e. The summed E-state index contributed by atoms with van der Waals surface area (Å²) >= 11 is 0. The third-order valence-electron chi connectivity index (χ3n) is 5.27. The van der Waals surface area contributed by atoms with Crippen LogP contribution < -0.4 is 5.32 Å². The Kier molecular flexibility index (Phi) is 4.48. The normalized spacial score (nSPS) is 26.8. The first kappa shape index (κ1) is 13.4. The maximum Gasteiger partial charge on any atom is 0.0309 e. The quantitative estimate of drug-likeness (QED) is 0.810. The molecule has 1 saturated carbocycles. The second kappa shape index (κ2) is 5.71. The molecule has 2 heteroatoms. The molecule has 2 rings (SSSR count). The molecule has 0 aromatic heterocycles. The van der Waals surface area contributed by atoms with Gasteiger partial charge in [0.25, 0.3) is 0 Å². The van der Waals surface area contributed by atoms with Gasteiger partial charge in [0.15, 0.2) is 0 Å². The number of nitrogens with zero attached hydrogens (tertiary/aromatic N) is 1. The Bertz CT molecular complexity index is 229. The van der Waals surface area contributed by atoms with Gasteiger partial charge in [-0.15, -0.1) is 0 Å². The molecule has 2 nitrogen and oxygen atoms in total. The number of nitrogens with one attached hydrogen (secondary N) is 1. The summed E-state index contributed by atoms with van der Waals surface area (Å²) in [6, 6.07) is 0.768. The van der Waals surface area contributed by atoms with Gasteiger partial charge >= 0.3 is 0 Å². The van der Waals surface area contributed by atoms with Gasteiger partial charge in [0.2, 0.25) is 0 Å². The van der Waals surface area contributed by atoms with Crippen LogP contribution in [0.4, 0.5) is 0 Å². The van der Waals surface area contributed by atoms with Crippen molar-refractivity contribution in [2.24, 2.45) is 5.92 Å². The Balaban J connectivity index is 1.96. The third-order valence-corrected chi connectivity index (χ3v) is 5.27. The van der Waals surface area contributed by atoms with E-state index in [1.54, 1.807) is 0 Å². The monoisotopic (exact) mass is 238 g/mol. The molecule has 1 spiro atoms. The zero-order chi connectivity index (χ0) is 12.3. The first-order valence-electron chi connectivity index (χ1n) is 7.70. The lowest BCUT2D eigenvalue weighted by Crippen LogP contribution is -2.61. The fraction of sp³-hybridized carbons (Fsp3) is 1.00. The predicted molar refractivity (Wildman–Crippen MR) is 74.3 cm³/mol. The van der Waals surface area contributed by atoms with E-state index < -0.39 is 0 Å². The van der Waals surface area contributed by atoms with Gasteiger partial charge in [0, 0.05) is 31.2 Å². The summed E-state index contributed by atoms with van der Waals surface area (Å²) in [5.74, 6) is 0.881. The topological polar surface area (TPSA) is 15.3 Å². The second-order valence-corrected chi connectivity index (χ2v) is 6.20. The fourth-order valence-corrected chi connectivity index (χ4v) is 3.99. The van der Waals surface area contributed by atoms with Crippen molar-refractivity contribution in [3.05, 3.63) is 0 Å². The maximum absolute atomic E-state index is 3.81. The SMILES string of the molecule is CCC(CC)C(C)N1CCNC2(CCCC2)C1. The largest absolute Gasteiger partial charge is 0.309 e. The van der Waals surface area contributed by atoms with Crippen LogP contribution in [-0.4, -0.2) is 36.1 Å². The highest BCUT2D eigenvalue weighted by molar-refractivity contribution is 4.99. The summed E-state index contributed by atoms with van der Waals surface area (Å²) in [5, 5.41) is 3.81. The van der Waals surface area contributed by atoms with Crippen LogP contribution in [0.2, 0.25) is 0 Å². The molecule has 1 aliphatic carbocycles. The van der Waals surface area contributed by atoms with E-state index in [1.807, 2.05) is 0 Å². The van der Waals surface area contributed by atoms with E-state index in [4.69, 9.17) is 0 Å². The summed E-state index contributed by atoms with van der Waals surface area (Å²) < 4.78 is 0. The number of hydrogen-bond donors (Lipinski definition) is 1. The number of rotatable bonds is 4. The molecule has 17 heavy (non-hydrogen) atoms. The highest BCUT2D eigenvalue weighted by Crippen LogP contribution is 2.33. The van der Waals surface area contributed by atoms with Crippen LogP contribution >= 0.6 is 0 Å². The number of piperazine rings is 1. The lowest BCUT2D eigenvalue weighted by Gasteiger charge is -2.45. The van der Waals surface area contributed by atoms with E-state index in [9.17, 15) is 0 Å². The van der Waals surface area contributed by atoms with Gasteiger partial charge in [0.05, 0.1) is 0 Å². The van der Waals surface area contributed by atoms with Crippen LogP contribution in [0.5, 0.6) is 0 Å². The molecular weight excluding hydrogens is 208 g/mol. The van der Waals surface area contributed by atoms with Crippen LogP contribution in [0.15, 0.2) is 0 Å². The van der Waals surface area contributed by atoms with E-state index in [-0.39, 0.29) is 0 Å². The second-order valence-electron chi connectivity index (χ2n) is 6.20. The molecule has 1 unspecified atom stereocenters. The average Bonchev–Trinajstić information content (AvgIpc) is 2.78. The van der Waals surface area contributed by atoms with E-state index in [0.29, 0.717) is 5.54 Å². The summed E-state index contributed by atoms with van der Waals surface area (Å²) in [7, 11) is 0. The van der Waals surface area contributed by atoms with Crippen LogP contribution in [0.3, 0.4) is 0 Å². The van der Waals surface area contributed by atoms with Gasteiger partial charge in [0.1, 0.15) is 0 Å². The van der Waals surface area contributed by atoms with Gasteiger partial charge in [-0.3, -0.25) is 4.90 Å². The molecule has 2 aliphatic rings. The fourth-order valence-electron chi connectivity index (χ4n) is 3.99. The van der Waals surface area contributed by atoms with Crippen LogP contribution in [0, 0.1) is 5.92 Å². The van der Waals surface area contributed by atoms with Crippen molar-refractivity contribution in [1.82, 2.24) is 10.2 Å². The Hall–Kier alpha value is -0.0800. The van der Waals surface area contributed by atoms with Crippen molar-refractivity contribution in [3.63, 3.8) is 0 Å². The summed E-state index contributed by atoms with van der Waals surface area (Å²) in [4.78, 5) is 2.76. The molecule has 1 atom stereocenters. The van der Waals surface area contributed by atoms with Crippen molar-refractivity contribution in [2.75, 3.05) is 19.6 Å². The van der Waals surface area contributed by atoms with Gasteiger partial charge < -0.3 is 5.32 Å². The predicted octanol–water partition coefficient (Wildman–Crippen LogP) is 3.03. The lowest BCUT2D eigenvalue weighted by atomic mass is 9.89. The Morgan fingerprint density at radius 3 is 2.41 bits per heavy atom. The molecule has 1 saturated heterocycles. The van der Waals surface area contributed by atoms with Crippen molar-refractivity contribution in [1.29, 1.82) is 0 Å². The Labute approximate surface area is 107 Å². The Morgan fingerprint density at radius 1 is 1.18 bits per heavy atom. The third kappa shape index (κ3) is 2.85. The van der Waals surface area contributed by atoms with Gasteiger partial charge in [-0.1, -0.05) is 39.5 Å². The highest BCUT2D eigenvalue weighted by Gasteiger charge is 2.39. The minimum atomic E-state index is 0.485. The van der Waals surface area contributed by atoms with Crippen molar-refractivity contribution < 1.29 is 0 Å². The van der Waals surface area contributed by atoms with Crippen molar-refractivity contribution >= 4 is 0 Å². The molecule has 0 aromatic carbocycles. The molecular formula is C15H30N2. The van der Waals surface area contributed by atoms with E-state index in [1.165, 1.54) is 58.2 Å².